The molecule has 0 saturated heterocycles. The van der Waals surface area contributed by atoms with Crippen molar-refractivity contribution in [2.75, 3.05) is 0 Å². The molecule has 2 heterocycles. The fourth-order valence-corrected chi connectivity index (χ4v) is 3.94. The third-order valence-corrected chi connectivity index (χ3v) is 5.16. The van der Waals surface area contributed by atoms with Crippen molar-refractivity contribution in [3.05, 3.63) is 65.1 Å². The molecule has 4 rings (SSSR count). The van der Waals surface area contributed by atoms with Crippen LogP contribution in [0.15, 0.2) is 36.8 Å². The fraction of sp³-hybridized carbons (Fsp3) is 0.318. The Kier molecular flexibility index (Phi) is 4.70. The van der Waals surface area contributed by atoms with E-state index >= 15 is 0 Å². The second kappa shape index (κ2) is 7.16. The maximum atomic E-state index is 13.5. The zero-order chi connectivity index (χ0) is 19.0. The summed E-state index contributed by atoms with van der Waals surface area (Å²) in [5.41, 5.74) is 7.52. The van der Waals surface area contributed by atoms with Crippen LogP contribution in [0, 0.1) is 5.82 Å². The van der Waals surface area contributed by atoms with Gasteiger partial charge in [0.05, 0.1) is 18.0 Å². The number of rotatable bonds is 3. The van der Waals surface area contributed by atoms with Crippen molar-refractivity contribution in [3.8, 4) is 22.4 Å². The lowest BCUT2D eigenvalue weighted by Gasteiger charge is -2.22. The van der Waals surface area contributed by atoms with E-state index in [1.165, 1.54) is 12.1 Å². The molecule has 0 spiro atoms. The van der Waals surface area contributed by atoms with E-state index in [9.17, 15) is 9.50 Å². The van der Waals surface area contributed by atoms with Gasteiger partial charge in [0.1, 0.15) is 12.1 Å². The highest BCUT2D eigenvalue weighted by Crippen LogP contribution is 2.40. The first-order valence-corrected chi connectivity index (χ1v) is 9.31. The predicted octanol–water partition coefficient (Wildman–Crippen LogP) is 4.45. The number of aliphatic hydroxyl groups excluding tert-OH is 1. The van der Waals surface area contributed by atoms with E-state index in [4.69, 9.17) is 4.98 Å². The highest BCUT2D eigenvalue weighted by molar-refractivity contribution is 5.80. The zero-order valence-electron chi connectivity index (χ0n) is 15.5. The van der Waals surface area contributed by atoms with E-state index in [-0.39, 0.29) is 18.3 Å². The number of aliphatic hydroxyl groups is 1. The standard InChI is InChI=1S/C22H22FN3O/c1-13(2)21-18(11-27)20(14-6-8-15(23)9-7-14)16-4-3-5-19-17(22(16)26-21)10-24-12-25-19/h6-10,12-13,27H,3-5,11H2,1-2H3. The van der Waals surface area contributed by atoms with Crippen LogP contribution in [0.1, 0.15) is 48.7 Å². The molecule has 1 aliphatic rings. The summed E-state index contributed by atoms with van der Waals surface area (Å²) < 4.78 is 13.5. The second-order valence-electron chi connectivity index (χ2n) is 7.23. The lowest BCUT2D eigenvalue weighted by atomic mass is 9.87. The molecule has 5 heteroatoms. The van der Waals surface area contributed by atoms with Crippen LogP contribution < -0.4 is 0 Å². The summed E-state index contributed by atoms with van der Waals surface area (Å²) in [5.74, 6) is -0.125. The van der Waals surface area contributed by atoms with Gasteiger partial charge in [0.15, 0.2) is 0 Å². The maximum absolute atomic E-state index is 13.5. The minimum Gasteiger partial charge on any atom is -0.392 e. The van der Waals surface area contributed by atoms with Crippen molar-refractivity contribution in [3.63, 3.8) is 0 Å². The molecule has 2 aromatic heterocycles. The van der Waals surface area contributed by atoms with E-state index in [1.807, 2.05) is 6.20 Å². The van der Waals surface area contributed by atoms with E-state index in [0.717, 1.165) is 64.2 Å². The first kappa shape index (κ1) is 17.7. The van der Waals surface area contributed by atoms with Gasteiger partial charge in [-0.3, -0.25) is 4.98 Å². The molecule has 138 valence electrons. The van der Waals surface area contributed by atoms with E-state index in [2.05, 4.69) is 23.8 Å². The number of halogens is 1. The Labute approximate surface area is 158 Å². The van der Waals surface area contributed by atoms with Crippen molar-refractivity contribution in [2.24, 2.45) is 0 Å². The number of fused-ring (bicyclic) bond motifs is 3. The van der Waals surface area contributed by atoms with Crippen LogP contribution in [0.3, 0.4) is 0 Å². The third-order valence-electron chi connectivity index (χ3n) is 5.16. The molecule has 27 heavy (non-hydrogen) atoms. The lowest BCUT2D eigenvalue weighted by molar-refractivity contribution is 0.280. The average molecular weight is 363 g/mol. The van der Waals surface area contributed by atoms with Gasteiger partial charge in [0, 0.05) is 23.0 Å². The smallest absolute Gasteiger partial charge is 0.123 e. The number of benzene rings is 1. The Morgan fingerprint density at radius 3 is 2.63 bits per heavy atom. The van der Waals surface area contributed by atoms with Gasteiger partial charge in [-0.05, 0) is 54.0 Å². The molecule has 0 fully saturated rings. The predicted molar refractivity (Wildman–Crippen MR) is 103 cm³/mol. The molecule has 0 amide bonds. The Morgan fingerprint density at radius 2 is 1.93 bits per heavy atom. The molecule has 0 radical (unpaired) electrons. The van der Waals surface area contributed by atoms with Gasteiger partial charge in [-0.25, -0.2) is 14.4 Å². The van der Waals surface area contributed by atoms with Crippen LogP contribution in [-0.4, -0.2) is 20.1 Å². The molecule has 1 N–H and O–H groups in total. The van der Waals surface area contributed by atoms with Crippen molar-refractivity contribution < 1.29 is 9.50 Å². The number of hydrogen-bond donors (Lipinski definition) is 1. The van der Waals surface area contributed by atoms with E-state index in [1.54, 1.807) is 18.5 Å². The molecule has 0 bridgehead atoms. The summed E-state index contributed by atoms with van der Waals surface area (Å²) in [5, 5.41) is 10.2. The largest absolute Gasteiger partial charge is 0.392 e. The van der Waals surface area contributed by atoms with Gasteiger partial charge < -0.3 is 5.11 Å². The Hall–Kier alpha value is -2.66. The van der Waals surface area contributed by atoms with Crippen LogP contribution in [0.25, 0.3) is 22.4 Å². The van der Waals surface area contributed by atoms with Gasteiger partial charge in [0.2, 0.25) is 0 Å². The lowest BCUT2D eigenvalue weighted by Crippen LogP contribution is -2.09. The molecule has 1 aliphatic carbocycles. The first-order chi connectivity index (χ1) is 13.1. The summed E-state index contributed by atoms with van der Waals surface area (Å²) in [4.78, 5) is 13.7. The van der Waals surface area contributed by atoms with Crippen LogP contribution in [0.5, 0.6) is 0 Å². The number of hydrogen-bond acceptors (Lipinski definition) is 4. The van der Waals surface area contributed by atoms with Crippen molar-refractivity contribution in [1.29, 1.82) is 0 Å². The Balaban J connectivity index is 2.09. The summed E-state index contributed by atoms with van der Waals surface area (Å²) in [6.07, 6.45) is 6.05. The van der Waals surface area contributed by atoms with Crippen LogP contribution in [-0.2, 0) is 19.4 Å². The Bertz CT molecular complexity index is 984. The van der Waals surface area contributed by atoms with Crippen molar-refractivity contribution in [2.45, 2.75) is 45.6 Å². The van der Waals surface area contributed by atoms with Crippen LogP contribution >= 0.6 is 0 Å². The highest BCUT2D eigenvalue weighted by atomic mass is 19.1. The maximum Gasteiger partial charge on any atom is 0.123 e. The molecule has 4 nitrogen and oxygen atoms in total. The number of nitrogens with zero attached hydrogens (tertiary/aromatic N) is 3. The second-order valence-corrected chi connectivity index (χ2v) is 7.23. The summed E-state index contributed by atoms with van der Waals surface area (Å²) in [6.45, 7) is 4.04. The molecule has 0 atom stereocenters. The van der Waals surface area contributed by atoms with Crippen LogP contribution in [0.2, 0.25) is 0 Å². The summed E-state index contributed by atoms with van der Waals surface area (Å²) in [7, 11) is 0. The van der Waals surface area contributed by atoms with Gasteiger partial charge in [-0.1, -0.05) is 26.0 Å². The van der Waals surface area contributed by atoms with Gasteiger partial charge in [-0.2, -0.15) is 0 Å². The molecule has 0 unspecified atom stereocenters. The molecule has 0 aliphatic heterocycles. The summed E-state index contributed by atoms with van der Waals surface area (Å²) in [6, 6.07) is 6.49. The van der Waals surface area contributed by atoms with Gasteiger partial charge in [0.25, 0.3) is 0 Å². The molecule has 1 aromatic carbocycles. The molecule has 3 aromatic rings. The average Bonchev–Trinajstić information content (AvgIpc) is 2.86. The molecular formula is C22H22FN3O. The van der Waals surface area contributed by atoms with Crippen LogP contribution in [0.4, 0.5) is 4.39 Å². The Morgan fingerprint density at radius 1 is 1.15 bits per heavy atom. The molecule has 0 saturated carbocycles. The van der Waals surface area contributed by atoms with E-state index in [0.29, 0.717) is 0 Å². The first-order valence-electron chi connectivity index (χ1n) is 9.31. The topological polar surface area (TPSA) is 58.9 Å². The highest BCUT2D eigenvalue weighted by Gasteiger charge is 2.26. The van der Waals surface area contributed by atoms with Gasteiger partial charge >= 0.3 is 0 Å². The minimum absolute atomic E-state index is 0.0986. The SMILES string of the molecule is CC(C)c1nc2c(c(-c3ccc(F)cc3)c1CO)CCCc1ncncc1-2. The number of aromatic nitrogens is 3. The van der Waals surface area contributed by atoms with Gasteiger partial charge in [-0.15, -0.1) is 0 Å². The quantitative estimate of drug-likeness (QED) is 0.747. The third kappa shape index (κ3) is 3.12. The summed E-state index contributed by atoms with van der Waals surface area (Å²) >= 11 is 0. The van der Waals surface area contributed by atoms with E-state index < -0.39 is 0 Å². The number of pyridine rings is 1. The fourth-order valence-electron chi connectivity index (χ4n) is 3.94. The minimum atomic E-state index is -0.271. The normalized spacial score (nSPS) is 13.2. The van der Waals surface area contributed by atoms with Crippen molar-refractivity contribution in [1.82, 2.24) is 15.0 Å². The zero-order valence-corrected chi connectivity index (χ0v) is 15.5. The van der Waals surface area contributed by atoms with Crippen molar-refractivity contribution >= 4 is 0 Å². The monoisotopic (exact) mass is 363 g/mol. The molecular weight excluding hydrogens is 341 g/mol. The number of aryl methyl sites for hydroxylation is 1.